The van der Waals surface area contributed by atoms with E-state index in [-0.39, 0.29) is 5.91 Å². The predicted octanol–water partition coefficient (Wildman–Crippen LogP) is 5.27. The van der Waals surface area contributed by atoms with Crippen molar-refractivity contribution in [2.45, 2.75) is 51.7 Å². The molecule has 6 nitrogen and oxygen atoms in total. The summed E-state index contributed by atoms with van der Waals surface area (Å²) in [5, 5.41) is 10.1. The maximum Gasteiger partial charge on any atom is 0.226 e. The zero-order valence-corrected chi connectivity index (χ0v) is 17.9. The van der Waals surface area contributed by atoms with E-state index in [1.807, 2.05) is 60.0 Å². The number of amides is 1. The van der Waals surface area contributed by atoms with Crippen LogP contribution in [0.2, 0.25) is 0 Å². The summed E-state index contributed by atoms with van der Waals surface area (Å²) in [4.78, 5) is 12.5. The summed E-state index contributed by atoms with van der Waals surface area (Å²) in [5.74, 6) is 1.52. The lowest BCUT2D eigenvalue weighted by molar-refractivity contribution is -0.116. The molecule has 1 aliphatic carbocycles. The van der Waals surface area contributed by atoms with Crippen molar-refractivity contribution in [1.29, 1.82) is 0 Å². The highest BCUT2D eigenvalue weighted by Gasteiger charge is 2.16. The molecule has 0 spiro atoms. The van der Waals surface area contributed by atoms with Crippen molar-refractivity contribution in [3.8, 4) is 17.1 Å². The molecule has 0 aliphatic heterocycles. The quantitative estimate of drug-likeness (QED) is 0.509. The first-order valence-electron chi connectivity index (χ1n) is 10.4. The van der Waals surface area contributed by atoms with Crippen molar-refractivity contribution in [1.82, 2.24) is 14.8 Å². The minimum atomic E-state index is -0.0718. The van der Waals surface area contributed by atoms with Crippen molar-refractivity contribution in [3.63, 3.8) is 0 Å². The van der Waals surface area contributed by atoms with Crippen LogP contribution < -0.4 is 10.1 Å². The van der Waals surface area contributed by atoms with Gasteiger partial charge in [-0.25, -0.2) is 0 Å². The standard InChI is InChI=1S/C23H26N4O2S/c1-16-6-8-17(9-7-16)22-25-26-23(30)27(22)15-14-21(28)24-18-10-12-20(13-11-18)29-19-4-2-3-5-19/h6-13,19H,2-5,14-15H2,1H3,(H,24,28)(H,26,30). The fraction of sp³-hybridized carbons (Fsp3) is 0.348. The van der Waals surface area contributed by atoms with Crippen LogP contribution in [-0.4, -0.2) is 26.8 Å². The Labute approximate surface area is 181 Å². The van der Waals surface area contributed by atoms with Crippen LogP contribution in [0.3, 0.4) is 0 Å². The van der Waals surface area contributed by atoms with Crippen LogP contribution in [0, 0.1) is 11.7 Å². The second kappa shape index (κ2) is 9.26. The number of anilines is 1. The van der Waals surface area contributed by atoms with Crippen molar-refractivity contribution >= 4 is 23.8 Å². The molecule has 2 N–H and O–H groups in total. The van der Waals surface area contributed by atoms with E-state index in [4.69, 9.17) is 17.0 Å². The van der Waals surface area contributed by atoms with E-state index in [0.717, 1.165) is 35.7 Å². The molecule has 1 fully saturated rings. The van der Waals surface area contributed by atoms with Gasteiger partial charge in [-0.1, -0.05) is 29.8 Å². The Morgan fingerprint density at radius 2 is 1.87 bits per heavy atom. The first kappa shape index (κ1) is 20.3. The minimum Gasteiger partial charge on any atom is -0.490 e. The molecule has 0 unspecified atom stereocenters. The second-order valence-corrected chi connectivity index (χ2v) is 8.10. The molecule has 1 saturated carbocycles. The fourth-order valence-electron chi connectivity index (χ4n) is 3.70. The SMILES string of the molecule is Cc1ccc(-c2n[nH]c(=S)n2CCC(=O)Nc2ccc(OC3CCCC3)cc2)cc1. The molecular formula is C23H26N4O2S. The molecular weight excluding hydrogens is 396 g/mol. The van der Waals surface area contributed by atoms with Gasteiger partial charge in [0.25, 0.3) is 0 Å². The van der Waals surface area contributed by atoms with Crippen LogP contribution in [0.5, 0.6) is 5.75 Å². The number of ether oxygens (including phenoxy) is 1. The number of benzene rings is 2. The molecule has 3 aromatic rings. The maximum atomic E-state index is 12.5. The highest BCUT2D eigenvalue weighted by atomic mass is 32.1. The zero-order valence-electron chi connectivity index (χ0n) is 17.1. The molecule has 1 heterocycles. The summed E-state index contributed by atoms with van der Waals surface area (Å²) in [5.41, 5.74) is 2.90. The lowest BCUT2D eigenvalue weighted by atomic mass is 10.1. The van der Waals surface area contributed by atoms with E-state index in [0.29, 0.717) is 23.8 Å². The van der Waals surface area contributed by atoms with Crippen LogP contribution in [0.4, 0.5) is 5.69 Å². The number of hydrogen-bond donors (Lipinski definition) is 2. The monoisotopic (exact) mass is 422 g/mol. The first-order valence-corrected chi connectivity index (χ1v) is 10.8. The van der Waals surface area contributed by atoms with Gasteiger partial charge in [-0.15, -0.1) is 0 Å². The second-order valence-electron chi connectivity index (χ2n) is 7.72. The molecule has 1 aromatic heterocycles. The summed E-state index contributed by atoms with van der Waals surface area (Å²) < 4.78 is 8.33. The number of carbonyl (C=O) groups excluding carboxylic acids is 1. The van der Waals surface area contributed by atoms with Crippen LogP contribution in [-0.2, 0) is 11.3 Å². The number of rotatable bonds is 7. The molecule has 1 amide bonds. The van der Waals surface area contributed by atoms with E-state index >= 15 is 0 Å². The first-order chi connectivity index (χ1) is 14.6. The molecule has 2 aromatic carbocycles. The average Bonchev–Trinajstić information content (AvgIpc) is 3.38. The van der Waals surface area contributed by atoms with E-state index in [2.05, 4.69) is 15.5 Å². The van der Waals surface area contributed by atoms with Crippen LogP contribution in [0.15, 0.2) is 48.5 Å². The van der Waals surface area contributed by atoms with Gasteiger partial charge in [0.05, 0.1) is 6.10 Å². The summed E-state index contributed by atoms with van der Waals surface area (Å²) in [7, 11) is 0. The van der Waals surface area contributed by atoms with E-state index in [1.165, 1.54) is 18.4 Å². The molecule has 30 heavy (non-hydrogen) atoms. The molecule has 0 atom stereocenters. The Morgan fingerprint density at radius 1 is 1.17 bits per heavy atom. The van der Waals surface area contributed by atoms with Gasteiger partial charge in [0.1, 0.15) is 5.75 Å². The molecule has 0 bridgehead atoms. The Bertz CT molecular complexity index is 1050. The molecule has 7 heteroatoms. The predicted molar refractivity (Wildman–Crippen MR) is 120 cm³/mol. The number of aromatic amines is 1. The molecule has 0 saturated heterocycles. The molecule has 1 aliphatic rings. The molecule has 4 rings (SSSR count). The summed E-state index contributed by atoms with van der Waals surface area (Å²) >= 11 is 5.35. The highest BCUT2D eigenvalue weighted by Crippen LogP contribution is 2.25. The van der Waals surface area contributed by atoms with E-state index in [1.54, 1.807) is 0 Å². The number of nitrogens with zero attached hydrogens (tertiary/aromatic N) is 2. The Balaban J connectivity index is 1.34. The van der Waals surface area contributed by atoms with Gasteiger partial charge in [-0.05, 0) is 69.1 Å². The van der Waals surface area contributed by atoms with Gasteiger partial charge >= 0.3 is 0 Å². The lowest BCUT2D eigenvalue weighted by Gasteiger charge is -2.13. The van der Waals surface area contributed by atoms with Crippen LogP contribution in [0.25, 0.3) is 11.4 Å². The molecule has 156 valence electrons. The van der Waals surface area contributed by atoms with Crippen molar-refractivity contribution in [2.24, 2.45) is 0 Å². The van der Waals surface area contributed by atoms with Gasteiger partial charge in [0.15, 0.2) is 10.6 Å². The van der Waals surface area contributed by atoms with Crippen molar-refractivity contribution in [3.05, 3.63) is 58.9 Å². The van der Waals surface area contributed by atoms with Gasteiger partial charge in [0, 0.05) is 24.2 Å². The van der Waals surface area contributed by atoms with E-state index < -0.39 is 0 Å². The smallest absolute Gasteiger partial charge is 0.226 e. The third kappa shape index (κ3) is 4.97. The number of aromatic nitrogens is 3. The maximum absolute atomic E-state index is 12.5. The fourth-order valence-corrected chi connectivity index (χ4v) is 3.92. The summed E-state index contributed by atoms with van der Waals surface area (Å²) in [6.07, 6.45) is 5.36. The van der Waals surface area contributed by atoms with Crippen LogP contribution >= 0.6 is 12.2 Å². The third-order valence-electron chi connectivity index (χ3n) is 5.37. The Hall–Kier alpha value is -2.93. The van der Waals surface area contributed by atoms with Gasteiger partial charge in [-0.2, -0.15) is 5.10 Å². The molecule has 0 radical (unpaired) electrons. The Kier molecular flexibility index (Phi) is 6.28. The van der Waals surface area contributed by atoms with Crippen LogP contribution in [0.1, 0.15) is 37.7 Å². The number of aryl methyl sites for hydroxylation is 1. The normalized spacial score (nSPS) is 14.0. The zero-order chi connectivity index (χ0) is 20.9. The Morgan fingerprint density at radius 3 is 2.57 bits per heavy atom. The number of carbonyl (C=O) groups is 1. The topological polar surface area (TPSA) is 71.9 Å². The van der Waals surface area contributed by atoms with Crippen molar-refractivity contribution in [2.75, 3.05) is 5.32 Å². The highest BCUT2D eigenvalue weighted by molar-refractivity contribution is 7.71. The minimum absolute atomic E-state index is 0.0718. The summed E-state index contributed by atoms with van der Waals surface area (Å²) in [6.45, 7) is 2.49. The largest absolute Gasteiger partial charge is 0.490 e. The summed E-state index contributed by atoms with van der Waals surface area (Å²) in [6, 6.07) is 15.7. The number of H-pyrrole nitrogens is 1. The third-order valence-corrected chi connectivity index (χ3v) is 5.69. The average molecular weight is 423 g/mol. The lowest BCUT2D eigenvalue weighted by Crippen LogP contribution is -2.15. The van der Waals surface area contributed by atoms with Gasteiger partial charge in [-0.3, -0.25) is 14.5 Å². The van der Waals surface area contributed by atoms with Gasteiger partial charge in [0.2, 0.25) is 5.91 Å². The van der Waals surface area contributed by atoms with Gasteiger partial charge < -0.3 is 10.1 Å². The van der Waals surface area contributed by atoms with Crippen molar-refractivity contribution < 1.29 is 9.53 Å². The van der Waals surface area contributed by atoms with E-state index in [9.17, 15) is 4.79 Å². The number of hydrogen-bond acceptors (Lipinski definition) is 4. The number of nitrogens with one attached hydrogen (secondary N) is 2.